The fraction of sp³-hybridized carbons (Fsp3) is 0.500. The van der Waals surface area contributed by atoms with Crippen molar-refractivity contribution in [1.29, 1.82) is 0 Å². The van der Waals surface area contributed by atoms with Crippen molar-refractivity contribution in [2.75, 3.05) is 29.7 Å². The first-order valence-electron chi connectivity index (χ1n) is 6.55. The number of benzene rings is 1. The maximum atomic E-state index is 13.9. The number of anilines is 2. The van der Waals surface area contributed by atoms with Gasteiger partial charge in [-0.25, -0.2) is 9.18 Å². The summed E-state index contributed by atoms with van der Waals surface area (Å²) in [6.07, 6.45) is 2.85. The molecule has 6 heteroatoms. The van der Waals surface area contributed by atoms with Crippen LogP contribution < -0.4 is 11.1 Å². The lowest BCUT2D eigenvalue weighted by atomic mass is 10.1. The van der Waals surface area contributed by atoms with Gasteiger partial charge in [-0.15, -0.1) is 0 Å². The Morgan fingerprint density at radius 2 is 2.20 bits per heavy atom. The molecule has 1 aromatic rings. The molecule has 112 valence electrons. The average molecular weight is 300 g/mol. The van der Waals surface area contributed by atoms with Crippen molar-refractivity contribution in [3.05, 3.63) is 23.5 Å². The summed E-state index contributed by atoms with van der Waals surface area (Å²) in [6.45, 7) is 3.99. The van der Waals surface area contributed by atoms with Crippen LogP contribution in [0.3, 0.4) is 0 Å². The Morgan fingerprint density at radius 3 is 2.75 bits per heavy atom. The van der Waals surface area contributed by atoms with Gasteiger partial charge in [0.15, 0.2) is 0 Å². The molecule has 0 amide bonds. The Balaban J connectivity index is 3.01. The molecule has 0 fully saturated rings. The topological polar surface area (TPSA) is 64.3 Å². The molecule has 1 rings (SSSR count). The lowest BCUT2D eigenvalue weighted by molar-refractivity contribution is 0.0527. The van der Waals surface area contributed by atoms with Gasteiger partial charge >= 0.3 is 5.97 Å². The van der Waals surface area contributed by atoms with E-state index in [1.54, 1.807) is 18.7 Å². The van der Waals surface area contributed by atoms with Gasteiger partial charge in [0.2, 0.25) is 0 Å². The Kier molecular flexibility index (Phi) is 6.64. The minimum Gasteiger partial charge on any atom is -0.462 e. The number of carbonyl (C=O) groups excluding carboxylic acids is 1. The van der Waals surface area contributed by atoms with Gasteiger partial charge in [0, 0.05) is 17.5 Å². The highest BCUT2D eigenvalue weighted by Crippen LogP contribution is 2.24. The second-order valence-corrected chi connectivity index (χ2v) is 5.26. The smallest absolute Gasteiger partial charge is 0.340 e. The molecule has 1 aromatic carbocycles. The summed E-state index contributed by atoms with van der Waals surface area (Å²) in [4.78, 5) is 11.8. The summed E-state index contributed by atoms with van der Waals surface area (Å²) >= 11 is 1.68. The lowest BCUT2D eigenvalue weighted by Crippen LogP contribution is -2.22. The maximum Gasteiger partial charge on any atom is 0.340 e. The molecule has 0 radical (unpaired) electrons. The van der Waals surface area contributed by atoms with Crippen LogP contribution in [0, 0.1) is 5.82 Å². The van der Waals surface area contributed by atoms with E-state index < -0.39 is 11.8 Å². The van der Waals surface area contributed by atoms with Crippen LogP contribution in [0.5, 0.6) is 0 Å². The van der Waals surface area contributed by atoms with Gasteiger partial charge in [-0.05, 0) is 31.7 Å². The largest absolute Gasteiger partial charge is 0.462 e. The fourth-order valence-electron chi connectivity index (χ4n) is 1.77. The minimum absolute atomic E-state index is 0.0874. The highest BCUT2D eigenvalue weighted by atomic mass is 32.2. The van der Waals surface area contributed by atoms with E-state index in [4.69, 9.17) is 10.5 Å². The Hall–Kier alpha value is -1.43. The van der Waals surface area contributed by atoms with E-state index in [2.05, 4.69) is 5.32 Å². The van der Waals surface area contributed by atoms with E-state index in [9.17, 15) is 9.18 Å². The highest BCUT2D eigenvalue weighted by Gasteiger charge is 2.16. The summed E-state index contributed by atoms with van der Waals surface area (Å²) < 4.78 is 18.8. The van der Waals surface area contributed by atoms with E-state index in [0.29, 0.717) is 0 Å². The van der Waals surface area contributed by atoms with Gasteiger partial charge in [0.25, 0.3) is 0 Å². The summed E-state index contributed by atoms with van der Waals surface area (Å²) in [6, 6.07) is 2.71. The van der Waals surface area contributed by atoms with Crippen molar-refractivity contribution in [2.24, 2.45) is 0 Å². The van der Waals surface area contributed by atoms with Gasteiger partial charge in [-0.1, -0.05) is 6.92 Å². The Labute approximate surface area is 123 Å². The van der Waals surface area contributed by atoms with Gasteiger partial charge in [0.05, 0.1) is 17.9 Å². The quantitative estimate of drug-likeness (QED) is 0.598. The predicted molar refractivity (Wildman–Crippen MR) is 82.9 cm³/mol. The van der Waals surface area contributed by atoms with Crippen molar-refractivity contribution in [3.63, 3.8) is 0 Å². The third-order valence-corrected chi connectivity index (χ3v) is 3.59. The first-order valence-corrected chi connectivity index (χ1v) is 7.94. The molecule has 1 unspecified atom stereocenters. The molecule has 0 aliphatic carbocycles. The van der Waals surface area contributed by atoms with Gasteiger partial charge < -0.3 is 15.8 Å². The SMILES string of the molecule is CCOC(=O)c1cc(NC(CC)CSC)c(F)cc1N. The van der Waals surface area contributed by atoms with Crippen molar-refractivity contribution in [1.82, 2.24) is 0 Å². The number of carbonyl (C=O) groups is 1. The molecule has 1 atom stereocenters. The molecule has 0 aliphatic rings. The summed E-state index contributed by atoms with van der Waals surface area (Å²) in [5, 5.41) is 3.10. The van der Waals surface area contributed by atoms with Crippen LogP contribution in [0.2, 0.25) is 0 Å². The molecule has 0 saturated heterocycles. The van der Waals surface area contributed by atoms with E-state index in [1.807, 2.05) is 13.2 Å². The van der Waals surface area contributed by atoms with E-state index in [0.717, 1.165) is 18.2 Å². The molecule has 20 heavy (non-hydrogen) atoms. The zero-order chi connectivity index (χ0) is 15.1. The predicted octanol–water partition coefficient (Wildman–Crippen LogP) is 3.14. The molecule has 3 N–H and O–H groups in total. The van der Waals surface area contributed by atoms with Crippen LogP contribution in [0.15, 0.2) is 12.1 Å². The van der Waals surface area contributed by atoms with Crippen LogP contribution >= 0.6 is 11.8 Å². The molecule has 0 bridgehead atoms. The number of nitrogens with two attached hydrogens (primary N) is 1. The van der Waals surface area contributed by atoms with E-state index >= 15 is 0 Å². The van der Waals surface area contributed by atoms with Crippen molar-refractivity contribution < 1.29 is 13.9 Å². The normalized spacial score (nSPS) is 12.0. The number of ether oxygens (including phenoxy) is 1. The number of hydrogen-bond donors (Lipinski definition) is 2. The number of esters is 1. The number of nitrogens with one attached hydrogen (secondary N) is 1. The third kappa shape index (κ3) is 4.30. The molecule has 0 spiro atoms. The molecule has 0 aromatic heterocycles. The second kappa shape index (κ2) is 7.99. The fourth-order valence-corrected chi connectivity index (χ4v) is 2.49. The average Bonchev–Trinajstić information content (AvgIpc) is 2.41. The Bertz CT molecular complexity index is 469. The van der Waals surface area contributed by atoms with Gasteiger partial charge in [0.1, 0.15) is 5.82 Å². The first kappa shape index (κ1) is 16.6. The highest BCUT2D eigenvalue weighted by molar-refractivity contribution is 7.98. The molecule has 0 saturated carbocycles. The van der Waals surface area contributed by atoms with Crippen molar-refractivity contribution in [3.8, 4) is 0 Å². The number of rotatable bonds is 7. The van der Waals surface area contributed by atoms with Gasteiger partial charge in [-0.3, -0.25) is 0 Å². The number of thioether (sulfide) groups is 1. The van der Waals surface area contributed by atoms with E-state index in [1.165, 1.54) is 6.07 Å². The maximum absolute atomic E-state index is 13.9. The van der Waals surface area contributed by atoms with Crippen LogP contribution in [-0.4, -0.2) is 30.6 Å². The van der Waals surface area contributed by atoms with Crippen LogP contribution in [-0.2, 0) is 4.74 Å². The zero-order valence-corrected chi connectivity index (χ0v) is 12.8. The lowest BCUT2D eigenvalue weighted by Gasteiger charge is -2.18. The number of nitrogen functional groups attached to an aromatic ring is 1. The number of hydrogen-bond acceptors (Lipinski definition) is 5. The molecule has 4 nitrogen and oxygen atoms in total. The van der Waals surface area contributed by atoms with Crippen LogP contribution in [0.25, 0.3) is 0 Å². The van der Waals surface area contributed by atoms with Crippen LogP contribution in [0.4, 0.5) is 15.8 Å². The molecular formula is C14H21FN2O2S. The monoisotopic (exact) mass is 300 g/mol. The van der Waals surface area contributed by atoms with Crippen LogP contribution in [0.1, 0.15) is 30.6 Å². The second-order valence-electron chi connectivity index (χ2n) is 4.34. The van der Waals surface area contributed by atoms with E-state index in [-0.39, 0.29) is 29.6 Å². The van der Waals surface area contributed by atoms with Gasteiger partial charge in [-0.2, -0.15) is 11.8 Å². The van der Waals surface area contributed by atoms with Crippen molar-refractivity contribution in [2.45, 2.75) is 26.3 Å². The molecular weight excluding hydrogens is 279 g/mol. The Morgan fingerprint density at radius 1 is 1.50 bits per heavy atom. The number of halogens is 1. The summed E-state index contributed by atoms with van der Waals surface area (Å²) in [7, 11) is 0. The summed E-state index contributed by atoms with van der Waals surface area (Å²) in [5.74, 6) is -0.143. The van der Waals surface area contributed by atoms with Crippen molar-refractivity contribution >= 4 is 29.1 Å². The first-order chi connectivity index (χ1) is 9.53. The zero-order valence-electron chi connectivity index (χ0n) is 12.0. The summed E-state index contributed by atoms with van der Waals surface area (Å²) in [5.41, 5.74) is 6.23. The molecule has 0 aliphatic heterocycles. The minimum atomic E-state index is -0.536. The molecule has 0 heterocycles. The third-order valence-electron chi connectivity index (χ3n) is 2.85. The standard InChI is InChI=1S/C14H21FN2O2S/c1-4-9(8-20-3)17-13-6-10(14(18)19-5-2)12(16)7-11(13)15/h6-7,9,17H,4-5,8,16H2,1-3H3.